The molecule has 0 saturated carbocycles. The van der Waals surface area contributed by atoms with Gasteiger partial charge in [-0.05, 0) is 18.6 Å². The van der Waals surface area contributed by atoms with Gasteiger partial charge in [-0.1, -0.05) is 17.8 Å². The highest BCUT2D eigenvalue weighted by atomic mass is 32.2. The molecule has 0 unspecified atom stereocenters. The molecule has 6 heteroatoms. The molecule has 0 saturated heterocycles. The minimum Gasteiger partial charge on any atom is -0.368 e. The van der Waals surface area contributed by atoms with Crippen LogP contribution in [0, 0.1) is 0 Å². The highest BCUT2D eigenvalue weighted by Crippen LogP contribution is 2.13. The fourth-order valence-electron chi connectivity index (χ4n) is 1.12. The maximum Gasteiger partial charge on any atom is 0.216 e. The number of aryl methyl sites for hydroxylation is 1. The van der Waals surface area contributed by atoms with Crippen molar-refractivity contribution in [3.63, 3.8) is 0 Å². The molecule has 0 radical (unpaired) electrons. The van der Waals surface area contributed by atoms with E-state index in [1.54, 1.807) is 18.0 Å². The van der Waals surface area contributed by atoms with Crippen LogP contribution in [-0.2, 0) is 6.42 Å². The van der Waals surface area contributed by atoms with Crippen LogP contribution in [0.3, 0.4) is 0 Å². The van der Waals surface area contributed by atoms with Gasteiger partial charge in [0.1, 0.15) is 0 Å². The van der Waals surface area contributed by atoms with Crippen LogP contribution < -0.4 is 5.73 Å². The van der Waals surface area contributed by atoms with Crippen molar-refractivity contribution in [2.75, 3.05) is 11.5 Å². The molecule has 0 amide bonds. The van der Waals surface area contributed by atoms with Gasteiger partial charge in [-0.3, -0.25) is 4.98 Å². The minimum absolute atomic E-state index is 0.357. The summed E-state index contributed by atoms with van der Waals surface area (Å²) in [6.07, 6.45) is 2.70. The van der Waals surface area contributed by atoms with Crippen LogP contribution in [-0.4, -0.2) is 25.9 Å². The summed E-state index contributed by atoms with van der Waals surface area (Å²) in [5.74, 6) is 1.25. The molecule has 2 aromatic heterocycles. The second-order valence-electron chi connectivity index (χ2n) is 2.92. The molecule has 2 aromatic rings. The Hall–Kier alpha value is -1.56. The summed E-state index contributed by atoms with van der Waals surface area (Å²) in [6.45, 7) is 0. The van der Waals surface area contributed by atoms with E-state index in [2.05, 4.69) is 20.2 Å². The number of rotatable bonds is 4. The molecule has 5 nitrogen and oxygen atoms in total. The molecule has 0 atom stereocenters. The molecule has 0 bridgehead atoms. The topological polar surface area (TPSA) is 80.5 Å². The highest BCUT2D eigenvalue weighted by Gasteiger charge is 2.01. The second-order valence-corrected chi connectivity index (χ2v) is 3.98. The van der Waals surface area contributed by atoms with Gasteiger partial charge in [-0.25, -0.2) is 5.10 Å². The Balaban J connectivity index is 1.80. The molecule has 0 aliphatic rings. The van der Waals surface area contributed by atoms with Gasteiger partial charge >= 0.3 is 0 Å². The summed E-state index contributed by atoms with van der Waals surface area (Å²) in [6, 6.07) is 5.90. The molecule has 15 heavy (non-hydrogen) atoms. The number of pyridine rings is 1. The Morgan fingerprint density at radius 2 is 2.33 bits per heavy atom. The first-order chi connectivity index (χ1) is 7.34. The van der Waals surface area contributed by atoms with Gasteiger partial charge in [0.05, 0.1) is 0 Å². The number of aromatic nitrogens is 4. The molecular formula is C9H11N5S. The molecule has 2 heterocycles. The number of hydrogen-bond acceptors (Lipinski definition) is 5. The molecule has 0 aliphatic carbocycles. The lowest BCUT2D eigenvalue weighted by Crippen LogP contribution is -1.92. The Labute approximate surface area is 91.5 Å². The fourth-order valence-corrected chi connectivity index (χ4v) is 1.88. The van der Waals surface area contributed by atoms with Crippen LogP contribution in [0.25, 0.3) is 0 Å². The number of anilines is 1. The Morgan fingerprint density at radius 1 is 1.40 bits per heavy atom. The fraction of sp³-hybridized carbons (Fsp3) is 0.222. The number of nitrogens with one attached hydrogen (secondary N) is 1. The number of hydrogen-bond donors (Lipinski definition) is 2. The molecule has 0 fully saturated rings. The summed E-state index contributed by atoms with van der Waals surface area (Å²) < 4.78 is 0. The monoisotopic (exact) mass is 221 g/mol. The number of nitrogens with zero attached hydrogens (tertiary/aromatic N) is 3. The third-order valence-electron chi connectivity index (χ3n) is 1.80. The van der Waals surface area contributed by atoms with Crippen molar-refractivity contribution in [3.8, 4) is 0 Å². The van der Waals surface area contributed by atoms with Gasteiger partial charge < -0.3 is 5.73 Å². The van der Waals surface area contributed by atoms with Gasteiger partial charge in [0, 0.05) is 17.6 Å². The Bertz CT molecular complexity index is 413. The van der Waals surface area contributed by atoms with Gasteiger partial charge in [0.15, 0.2) is 0 Å². The normalized spacial score (nSPS) is 10.4. The van der Waals surface area contributed by atoms with E-state index in [1.165, 1.54) is 0 Å². The van der Waals surface area contributed by atoms with Gasteiger partial charge in [-0.2, -0.15) is 4.98 Å². The third-order valence-corrected chi connectivity index (χ3v) is 2.65. The van der Waals surface area contributed by atoms with E-state index in [4.69, 9.17) is 5.73 Å². The zero-order valence-corrected chi connectivity index (χ0v) is 8.87. The van der Waals surface area contributed by atoms with Gasteiger partial charge in [0.2, 0.25) is 11.1 Å². The molecule has 2 rings (SSSR count). The largest absolute Gasteiger partial charge is 0.368 e. The molecule has 0 spiro atoms. The summed E-state index contributed by atoms with van der Waals surface area (Å²) >= 11 is 1.56. The average Bonchev–Trinajstić information content (AvgIpc) is 2.66. The number of aromatic amines is 1. The first-order valence-electron chi connectivity index (χ1n) is 4.55. The van der Waals surface area contributed by atoms with E-state index in [9.17, 15) is 0 Å². The molecule has 0 aromatic carbocycles. The number of nitrogens with two attached hydrogens (primary N) is 1. The summed E-state index contributed by atoms with van der Waals surface area (Å²) in [5.41, 5.74) is 6.48. The molecular weight excluding hydrogens is 210 g/mol. The Kier molecular flexibility index (Phi) is 3.18. The quantitative estimate of drug-likeness (QED) is 0.756. The van der Waals surface area contributed by atoms with E-state index in [1.807, 2.05) is 18.2 Å². The van der Waals surface area contributed by atoms with E-state index < -0.39 is 0 Å². The summed E-state index contributed by atoms with van der Waals surface area (Å²) in [5, 5.41) is 7.21. The van der Waals surface area contributed by atoms with Gasteiger partial charge in [0.25, 0.3) is 0 Å². The van der Waals surface area contributed by atoms with Crippen molar-refractivity contribution in [3.05, 3.63) is 30.1 Å². The van der Waals surface area contributed by atoms with Crippen molar-refractivity contribution in [2.45, 2.75) is 11.6 Å². The maximum absolute atomic E-state index is 5.41. The number of thioether (sulfide) groups is 1. The summed E-state index contributed by atoms with van der Waals surface area (Å²) in [7, 11) is 0. The SMILES string of the molecule is Nc1nc(SCCc2ccccn2)n[nH]1. The van der Waals surface area contributed by atoms with E-state index in [-0.39, 0.29) is 0 Å². The van der Waals surface area contributed by atoms with Crippen molar-refractivity contribution < 1.29 is 0 Å². The van der Waals surface area contributed by atoms with Crippen molar-refractivity contribution in [1.82, 2.24) is 20.2 Å². The number of H-pyrrole nitrogens is 1. The summed E-state index contributed by atoms with van der Waals surface area (Å²) in [4.78, 5) is 8.22. The average molecular weight is 221 g/mol. The minimum atomic E-state index is 0.357. The highest BCUT2D eigenvalue weighted by molar-refractivity contribution is 7.99. The van der Waals surface area contributed by atoms with Crippen LogP contribution in [0.4, 0.5) is 5.95 Å². The molecule has 78 valence electrons. The van der Waals surface area contributed by atoms with E-state index in [0.717, 1.165) is 17.9 Å². The lowest BCUT2D eigenvalue weighted by atomic mass is 10.3. The van der Waals surface area contributed by atoms with Crippen LogP contribution >= 0.6 is 11.8 Å². The van der Waals surface area contributed by atoms with Crippen molar-refractivity contribution in [1.29, 1.82) is 0 Å². The van der Waals surface area contributed by atoms with Gasteiger partial charge in [-0.15, -0.1) is 5.10 Å². The second kappa shape index (κ2) is 4.79. The first-order valence-corrected chi connectivity index (χ1v) is 5.54. The maximum atomic E-state index is 5.41. The van der Waals surface area contributed by atoms with Crippen LogP contribution in [0.15, 0.2) is 29.6 Å². The predicted molar refractivity (Wildman–Crippen MR) is 59.5 cm³/mol. The molecule has 3 N–H and O–H groups in total. The van der Waals surface area contributed by atoms with Crippen LogP contribution in [0.1, 0.15) is 5.69 Å². The smallest absolute Gasteiger partial charge is 0.216 e. The van der Waals surface area contributed by atoms with Crippen LogP contribution in [0.5, 0.6) is 0 Å². The van der Waals surface area contributed by atoms with E-state index >= 15 is 0 Å². The number of nitrogen functional groups attached to an aromatic ring is 1. The standard InChI is InChI=1S/C9H11N5S/c10-8-12-9(14-13-8)15-6-4-7-3-1-2-5-11-7/h1-3,5H,4,6H2,(H3,10,12,13,14). The lowest BCUT2D eigenvalue weighted by Gasteiger charge is -1.97. The zero-order chi connectivity index (χ0) is 10.5. The van der Waals surface area contributed by atoms with E-state index in [0.29, 0.717) is 11.1 Å². The Morgan fingerprint density at radius 3 is 3.00 bits per heavy atom. The van der Waals surface area contributed by atoms with Crippen LogP contribution in [0.2, 0.25) is 0 Å². The van der Waals surface area contributed by atoms with Crippen molar-refractivity contribution >= 4 is 17.7 Å². The zero-order valence-electron chi connectivity index (χ0n) is 8.05. The first kappa shape index (κ1) is 9.97. The van der Waals surface area contributed by atoms with Crippen molar-refractivity contribution in [2.24, 2.45) is 0 Å². The lowest BCUT2D eigenvalue weighted by molar-refractivity contribution is 0.967. The molecule has 0 aliphatic heterocycles. The third kappa shape index (κ3) is 2.95. The predicted octanol–water partition coefficient (Wildman–Crippen LogP) is 1.12.